The zero-order valence-electron chi connectivity index (χ0n) is 22.2. The van der Waals surface area contributed by atoms with Crippen LogP contribution in [-0.2, 0) is 20.9 Å². The van der Waals surface area contributed by atoms with Crippen molar-refractivity contribution in [3.63, 3.8) is 0 Å². The minimum atomic E-state index is -1.01. The van der Waals surface area contributed by atoms with E-state index in [1.165, 1.54) is 24.1 Å². The molecule has 2 N–H and O–H groups in total. The molecular weight excluding hydrogens is 491 g/mol. The number of hydrogen-bond acceptors (Lipinski definition) is 6. The Morgan fingerprint density at radius 1 is 1.05 bits per heavy atom. The summed E-state index contributed by atoms with van der Waals surface area (Å²) in [6, 6.07) is 13.1. The summed E-state index contributed by atoms with van der Waals surface area (Å²) in [5, 5.41) is 9.27. The number of aryl methyl sites for hydroxylation is 1. The molecule has 2 aromatic carbocycles. The lowest BCUT2D eigenvalue weighted by atomic mass is 10.00. The number of methoxy groups -OCH3 is 1. The van der Waals surface area contributed by atoms with Gasteiger partial charge in [0.15, 0.2) is 5.82 Å². The summed E-state index contributed by atoms with van der Waals surface area (Å²) in [5.41, 5.74) is 0.622. The van der Waals surface area contributed by atoms with Crippen molar-refractivity contribution in [2.75, 3.05) is 12.4 Å². The van der Waals surface area contributed by atoms with Crippen molar-refractivity contribution in [1.82, 2.24) is 15.4 Å². The molecule has 3 rings (SSSR count). The van der Waals surface area contributed by atoms with Crippen molar-refractivity contribution in [3.8, 4) is 5.75 Å². The number of amides is 3. The predicted octanol–water partition coefficient (Wildman–Crippen LogP) is 4.53. The molecular formula is C28H33FN4O5. The van der Waals surface area contributed by atoms with Crippen LogP contribution in [0.5, 0.6) is 5.75 Å². The molecule has 1 heterocycles. The number of halogens is 1. The molecule has 0 fully saturated rings. The third-order valence-corrected chi connectivity index (χ3v) is 5.54. The van der Waals surface area contributed by atoms with Crippen LogP contribution >= 0.6 is 0 Å². The summed E-state index contributed by atoms with van der Waals surface area (Å²) in [7, 11) is 1.54. The lowest BCUT2D eigenvalue weighted by Gasteiger charge is -2.34. The van der Waals surface area contributed by atoms with Gasteiger partial charge in [-0.15, -0.1) is 0 Å². The number of benzene rings is 2. The molecule has 1 atom stereocenters. The van der Waals surface area contributed by atoms with E-state index >= 15 is 0 Å². The summed E-state index contributed by atoms with van der Waals surface area (Å²) >= 11 is 0. The van der Waals surface area contributed by atoms with Gasteiger partial charge in [-0.2, -0.15) is 0 Å². The van der Waals surface area contributed by atoms with E-state index < -0.39 is 29.2 Å². The van der Waals surface area contributed by atoms with Gasteiger partial charge in [0.2, 0.25) is 17.7 Å². The minimum absolute atomic E-state index is 0.0253. The molecule has 0 radical (unpaired) electrons. The average molecular weight is 525 g/mol. The van der Waals surface area contributed by atoms with E-state index in [4.69, 9.17) is 9.26 Å². The molecule has 3 aromatic rings. The standard InChI is InChI=1S/C28H33FN4O5/c1-18-16-23(32-38-18)30-24(34)14-15-25(35)33(17-19-6-10-21(29)11-7-19)26(27(36)31-28(2,3)4)20-8-12-22(37-5)13-9-20/h6-13,16,26H,14-15,17H2,1-5H3,(H,31,36)(H,30,32,34)/t26-/m0/s1. The fourth-order valence-corrected chi connectivity index (χ4v) is 3.80. The molecule has 0 saturated heterocycles. The normalized spacial score (nSPS) is 11.9. The molecule has 3 amide bonds. The number of nitrogens with zero attached hydrogens (tertiary/aromatic N) is 2. The minimum Gasteiger partial charge on any atom is -0.497 e. The summed E-state index contributed by atoms with van der Waals surface area (Å²) in [6.45, 7) is 7.26. The second-order valence-electron chi connectivity index (χ2n) is 9.93. The fourth-order valence-electron chi connectivity index (χ4n) is 3.80. The first-order chi connectivity index (χ1) is 17.9. The number of ether oxygens (including phenoxy) is 1. The summed E-state index contributed by atoms with van der Waals surface area (Å²) in [4.78, 5) is 41.1. The van der Waals surface area contributed by atoms with Gasteiger partial charge in [0.25, 0.3) is 0 Å². The monoisotopic (exact) mass is 524 g/mol. The van der Waals surface area contributed by atoms with Crippen LogP contribution in [0.15, 0.2) is 59.1 Å². The highest BCUT2D eigenvalue weighted by Gasteiger charge is 2.33. The molecule has 0 unspecified atom stereocenters. The van der Waals surface area contributed by atoms with Crippen LogP contribution in [0.1, 0.15) is 56.5 Å². The quantitative estimate of drug-likeness (QED) is 0.403. The van der Waals surface area contributed by atoms with E-state index in [9.17, 15) is 18.8 Å². The second kappa shape index (κ2) is 12.4. The van der Waals surface area contributed by atoms with Gasteiger partial charge in [-0.05, 0) is 63.1 Å². The van der Waals surface area contributed by atoms with E-state index in [2.05, 4.69) is 15.8 Å². The molecule has 1 aromatic heterocycles. The van der Waals surface area contributed by atoms with E-state index in [0.29, 0.717) is 22.6 Å². The van der Waals surface area contributed by atoms with Gasteiger partial charge >= 0.3 is 0 Å². The van der Waals surface area contributed by atoms with Crippen molar-refractivity contribution in [1.29, 1.82) is 0 Å². The molecule has 9 nitrogen and oxygen atoms in total. The molecule has 38 heavy (non-hydrogen) atoms. The maximum atomic E-state index is 13.6. The Morgan fingerprint density at radius 3 is 2.26 bits per heavy atom. The number of carbonyl (C=O) groups excluding carboxylic acids is 3. The lowest BCUT2D eigenvalue weighted by Crippen LogP contribution is -2.49. The highest BCUT2D eigenvalue weighted by Crippen LogP contribution is 2.27. The Hall–Kier alpha value is -4.21. The highest BCUT2D eigenvalue weighted by molar-refractivity contribution is 5.94. The Balaban J connectivity index is 1.91. The van der Waals surface area contributed by atoms with Gasteiger partial charge in [-0.3, -0.25) is 14.4 Å². The van der Waals surface area contributed by atoms with Crippen LogP contribution in [0.2, 0.25) is 0 Å². The molecule has 10 heteroatoms. The number of anilines is 1. The van der Waals surface area contributed by atoms with Crippen LogP contribution < -0.4 is 15.4 Å². The summed E-state index contributed by atoms with van der Waals surface area (Å²) < 4.78 is 23.8. The lowest BCUT2D eigenvalue weighted by molar-refractivity contribution is -0.142. The van der Waals surface area contributed by atoms with E-state index in [1.807, 2.05) is 20.8 Å². The first-order valence-electron chi connectivity index (χ1n) is 12.2. The first-order valence-corrected chi connectivity index (χ1v) is 12.2. The van der Waals surface area contributed by atoms with Gasteiger partial charge in [0, 0.05) is 31.0 Å². The van der Waals surface area contributed by atoms with Crippen LogP contribution in [0.25, 0.3) is 0 Å². The third-order valence-electron chi connectivity index (χ3n) is 5.54. The summed E-state index contributed by atoms with van der Waals surface area (Å²) in [6.07, 6.45) is -0.305. The molecule has 0 bridgehead atoms. The van der Waals surface area contributed by atoms with Crippen LogP contribution in [-0.4, -0.2) is 40.4 Å². The first kappa shape index (κ1) is 28.4. The molecule has 0 spiro atoms. The van der Waals surface area contributed by atoms with Crippen molar-refractivity contribution in [2.45, 2.75) is 58.7 Å². The van der Waals surface area contributed by atoms with E-state index in [1.54, 1.807) is 49.4 Å². The molecule has 0 aliphatic heterocycles. The van der Waals surface area contributed by atoms with Gasteiger partial charge in [0.05, 0.1) is 7.11 Å². The van der Waals surface area contributed by atoms with Gasteiger partial charge in [-0.25, -0.2) is 4.39 Å². The topological polar surface area (TPSA) is 114 Å². The zero-order chi connectivity index (χ0) is 27.9. The molecule has 0 saturated carbocycles. The number of aromatic nitrogens is 1. The van der Waals surface area contributed by atoms with Gasteiger partial charge < -0.3 is 24.8 Å². The molecule has 0 aliphatic rings. The Bertz CT molecular complexity index is 1250. The Kier molecular flexibility index (Phi) is 9.22. The number of nitrogens with one attached hydrogen (secondary N) is 2. The van der Waals surface area contributed by atoms with Crippen molar-refractivity contribution in [3.05, 3.63) is 77.3 Å². The van der Waals surface area contributed by atoms with Crippen molar-refractivity contribution >= 4 is 23.5 Å². The second-order valence-corrected chi connectivity index (χ2v) is 9.93. The maximum absolute atomic E-state index is 13.6. The van der Waals surface area contributed by atoms with E-state index in [0.717, 1.165) is 0 Å². The fraction of sp³-hybridized carbons (Fsp3) is 0.357. The van der Waals surface area contributed by atoms with Gasteiger partial charge in [-0.1, -0.05) is 29.4 Å². The third kappa shape index (κ3) is 8.16. The largest absolute Gasteiger partial charge is 0.497 e. The number of rotatable bonds is 10. The van der Waals surface area contributed by atoms with Crippen LogP contribution in [0.3, 0.4) is 0 Å². The Labute approximate surface area is 221 Å². The number of carbonyl (C=O) groups is 3. The average Bonchev–Trinajstić information content (AvgIpc) is 3.27. The molecule has 0 aliphatic carbocycles. The van der Waals surface area contributed by atoms with Crippen molar-refractivity contribution in [2.24, 2.45) is 0 Å². The maximum Gasteiger partial charge on any atom is 0.247 e. The zero-order valence-corrected chi connectivity index (χ0v) is 22.2. The van der Waals surface area contributed by atoms with E-state index in [-0.39, 0.29) is 31.1 Å². The number of hydrogen-bond donors (Lipinski definition) is 2. The van der Waals surface area contributed by atoms with Crippen LogP contribution in [0.4, 0.5) is 10.2 Å². The highest BCUT2D eigenvalue weighted by atomic mass is 19.1. The smallest absolute Gasteiger partial charge is 0.247 e. The molecule has 202 valence electrons. The van der Waals surface area contributed by atoms with Crippen molar-refractivity contribution < 1.29 is 28.0 Å². The SMILES string of the molecule is COc1ccc([C@@H](C(=O)NC(C)(C)C)N(Cc2ccc(F)cc2)C(=O)CCC(=O)Nc2cc(C)on2)cc1. The van der Waals surface area contributed by atoms with Crippen LogP contribution in [0, 0.1) is 12.7 Å². The Morgan fingerprint density at radius 2 is 1.71 bits per heavy atom. The predicted molar refractivity (Wildman–Crippen MR) is 140 cm³/mol. The summed E-state index contributed by atoms with van der Waals surface area (Å²) in [5.74, 6) is -0.263. The van der Waals surface area contributed by atoms with Gasteiger partial charge in [0.1, 0.15) is 23.4 Å².